The number of rotatable bonds is 5. The summed E-state index contributed by atoms with van der Waals surface area (Å²) >= 11 is 1.38. The van der Waals surface area contributed by atoms with Crippen molar-refractivity contribution in [3.63, 3.8) is 0 Å². The van der Waals surface area contributed by atoms with Gasteiger partial charge in [0.15, 0.2) is 11.5 Å². The zero-order valence-electron chi connectivity index (χ0n) is 14.8. The van der Waals surface area contributed by atoms with Gasteiger partial charge in [0.2, 0.25) is 0 Å². The average Bonchev–Trinajstić information content (AvgIpc) is 3.09. The summed E-state index contributed by atoms with van der Waals surface area (Å²) in [6.07, 6.45) is 0. The Hall–Kier alpha value is -2.45. The van der Waals surface area contributed by atoms with E-state index in [1.54, 1.807) is 38.1 Å². The van der Waals surface area contributed by atoms with Gasteiger partial charge in [-0.25, -0.2) is 8.42 Å². The van der Waals surface area contributed by atoms with E-state index in [2.05, 4.69) is 9.88 Å². The van der Waals surface area contributed by atoms with Crippen LogP contribution in [0.1, 0.15) is 32.7 Å². The highest BCUT2D eigenvalue weighted by molar-refractivity contribution is 7.93. The molecule has 0 fully saturated rings. The van der Waals surface area contributed by atoms with Gasteiger partial charge in [-0.1, -0.05) is 17.3 Å². The predicted octanol–water partition coefficient (Wildman–Crippen LogP) is 4.33. The maximum Gasteiger partial charge on any atom is 0.263 e. The summed E-state index contributed by atoms with van der Waals surface area (Å²) in [6.45, 7) is 6.82. The smallest absolute Gasteiger partial charge is 0.263 e. The number of carbonyl (C=O) groups excluding carboxylic acids is 1. The number of aromatic nitrogens is 1. The highest BCUT2D eigenvalue weighted by Gasteiger charge is 2.28. The van der Waals surface area contributed by atoms with Crippen molar-refractivity contribution in [3.05, 3.63) is 51.3 Å². The van der Waals surface area contributed by atoms with E-state index in [4.69, 9.17) is 4.52 Å². The molecular formula is C18H18N2O4S2. The molecule has 8 heteroatoms. The van der Waals surface area contributed by atoms with Crippen molar-refractivity contribution in [2.75, 3.05) is 4.72 Å². The minimum atomic E-state index is -3.87. The topological polar surface area (TPSA) is 89.3 Å². The van der Waals surface area contributed by atoms with Gasteiger partial charge in [0.25, 0.3) is 10.0 Å². The number of carbonyl (C=O) groups is 1. The Balaban J connectivity index is 2.08. The Morgan fingerprint density at radius 3 is 2.50 bits per heavy atom. The van der Waals surface area contributed by atoms with Gasteiger partial charge in [-0.15, -0.1) is 11.3 Å². The third kappa shape index (κ3) is 3.42. The first-order valence-electron chi connectivity index (χ1n) is 7.86. The first-order chi connectivity index (χ1) is 12.2. The summed E-state index contributed by atoms with van der Waals surface area (Å²) in [5, 5.41) is 3.86. The SMILES string of the molecule is CC(=O)c1cccc(NS(=O)(=O)c2c(C)sc(C)c2-c2cc(C)no2)c1. The summed E-state index contributed by atoms with van der Waals surface area (Å²) in [7, 11) is -3.87. The van der Waals surface area contributed by atoms with E-state index in [-0.39, 0.29) is 10.7 Å². The first-order valence-corrected chi connectivity index (χ1v) is 10.2. The van der Waals surface area contributed by atoms with Crippen LogP contribution in [0.5, 0.6) is 0 Å². The fraction of sp³-hybridized carbons (Fsp3) is 0.222. The van der Waals surface area contributed by atoms with Crippen LogP contribution >= 0.6 is 11.3 Å². The molecule has 0 bridgehead atoms. The Kier molecular flexibility index (Phi) is 4.72. The zero-order valence-corrected chi connectivity index (χ0v) is 16.4. The number of sulfonamides is 1. The molecule has 3 aromatic rings. The molecule has 6 nitrogen and oxygen atoms in total. The number of Topliss-reactive ketones (excluding diaryl/α,β-unsaturated/α-hetero) is 1. The second-order valence-corrected chi connectivity index (χ2v) is 9.04. The molecule has 0 aliphatic heterocycles. The first kappa shape index (κ1) is 18.3. The van der Waals surface area contributed by atoms with Gasteiger partial charge in [0, 0.05) is 27.1 Å². The number of nitrogens with one attached hydrogen (secondary N) is 1. The maximum absolute atomic E-state index is 13.1. The Labute approximate surface area is 155 Å². The molecule has 0 atom stereocenters. The zero-order chi connectivity index (χ0) is 19.1. The number of thiophene rings is 1. The molecule has 0 aliphatic carbocycles. The lowest BCUT2D eigenvalue weighted by molar-refractivity contribution is 0.101. The summed E-state index contributed by atoms with van der Waals surface area (Å²) in [6, 6.07) is 8.12. The second-order valence-electron chi connectivity index (χ2n) is 5.99. The number of benzene rings is 1. The molecule has 0 saturated carbocycles. The minimum absolute atomic E-state index is 0.133. The molecule has 1 aromatic carbocycles. The van der Waals surface area contributed by atoms with Gasteiger partial charge >= 0.3 is 0 Å². The summed E-state index contributed by atoms with van der Waals surface area (Å²) in [5.74, 6) is 0.286. The number of nitrogens with zero attached hydrogens (tertiary/aromatic N) is 1. The van der Waals surface area contributed by atoms with Gasteiger partial charge in [-0.05, 0) is 39.8 Å². The fourth-order valence-electron chi connectivity index (χ4n) is 2.76. The molecule has 0 saturated heterocycles. The quantitative estimate of drug-likeness (QED) is 0.655. The number of ketones is 1. The average molecular weight is 390 g/mol. The van der Waals surface area contributed by atoms with Crippen molar-refractivity contribution >= 4 is 32.8 Å². The van der Waals surface area contributed by atoms with E-state index < -0.39 is 10.0 Å². The number of aryl methyl sites for hydroxylation is 3. The molecule has 26 heavy (non-hydrogen) atoms. The lowest BCUT2D eigenvalue weighted by atomic mass is 10.1. The van der Waals surface area contributed by atoms with Crippen LogP contribution in [0.2, 0.25) is 0 Å². The summed E-state index contributed by atoms with van der Waals surface area (Å²) in [4.78, 5) is 13.2. The van der Waals surface area contributed by atoms with Crippen molar-refractivity contribution < 1.29 is 17.7 Å². The van der Waals surface area contributed by atoms with Crippen LogP contribution < -0.4 is 4.72 Å². The number of hydrogen-bond donors (Lipinski definition) is 1. The molecule has 3 rings (SSSR count). The van der Waals surface area contributed by atoms with Crippen LogP contribution in [0, 0.1) is 20.8 Å². The van der Waals surface area contributed by atoms with E-state index >= 15 is 0 Å². The predicted molar refractivity (Wildman–Crippen MR) is 101 cm³/mol. The van der Waals surface area contributed by atoms with E-state index in [9.17, 15) is 13.2 Å². The lowest BCUT2D eigenvalue weighted by Gasteiger charge is -2.10. The molecule has 1 N–H and O–H groups in total. The molecule has 136 valence electrons. The van der Waals surface area contributed by atoms with Crippen LogP contribution in [0.4, 0.5) is 5.69 Å². The maximum atomic E-state index is 13.1. The molecule has 2 heterocycles. The highest BCUT2D eigenvalue weighted by Crippen LogP contribution is 2.39. The Bertz CT molecular complexity index is 1090. The van der Waals surface area contributed by atoms with E-state index in [0.29, 0.717) is 33.1 Å². The van der Waals surface area contributed by atoms with Crippen LogP contribution in [-0.2, 0) is 10.0 Å². The van der Waals surface area contributed by atoms with Gasteiger partial charge in [0.05, 0.1) is 11.3 Å². The van der Waals surface area contributed by atoms with E-state index in [1.807, 2.05) is 6.92 Å². The van der Waals surface area contributed by atoms with Gasteiger partial charge < -0.3 is 4.52 Å². The fourth-order valence-corrected chi connectivity index (χ4v) is 5.68. The normalized spacial score (nSPS) is 11.5. The molecule has 0 radical (unpaired) electrons. The summed E-state index contributed by atoms with van der Waals surface area (Å²) < 4.78 is 34.0. The monoisotopic (exact) mass is 390 g/mol. The van der Waals surface area contributed by atoms with Crippen molar-refractivity contribution in [2.24, 2.45) is 0 Å². The van der Waals surface area contributed by atoms with Crippen LogP contribution in [0.3, 0.4) is 0 Å². The van der Waals surface area contributed by atoms with E-state index in [1.165, 1.54) is 24.3 Å². The van der Waals surface area contributed by atoms with Crippen molar-refractivity contribution in [3.8, 4) is 11.3 Å². The van der Waals surface area contributed by atoms with Gasteiger partial charge in [-0.3, -0.25) is 9.52 Å². The third-order valence-electron chi connectivity index (χ3n) is 3.87. The van der Waals surface area contributed by atoms with E-state index in [0.717, 1.165) is 4.88 Å². The largest absolute Gasteiger partial charge is 0.356 e. The van der Waals surface area contributed by atoms with Crippen molar-refractivity contribution in [1.29, 1.82) is 0 Å². The standard InChI is InChI=1S/C18H18N2O4S2/c1-10-8-16(24-19-10)17-12(3)25-13(4)18(17)26(22,23)20-15-7-5-6-14(9-15)11(2)21/h5-9,20H,1-4H3. The Morgan fingerprint density at radius 1 is 1.15 bits per heavy atom. The third-order valence-corrected chi connectivity index (χ3v) is 6.57. The molecule has 2 aromatic heterocycles. The number of hydrogen-bond acceptors (Lipinski definition) is 6. The second kappa shape index (κ2) is 6.69. The molecule has 0 spiro atoms. The summed E-state index contributed by atoms with van der Waals surface area (Å²) in [5.41, 5.74) is 1.96. The van der Waals surface area contributed by atoms with Crippen LogP contribution in [-0.4, -0.2) is 19.4 Å². The van der Waals surface area contributed by atoms with Crippen LogP contribution in [0.15, 0.2) is 39.8 Å². The van der Waals surface area contributed by atoms with Crippen molar-refractivity contribution in [2.45, 2.75) is 32.6 Å². The minimum Gasteiger partial charge on any atom is -0.356 e. The van der Waals surface area contributed by atoms with Gasteiger partial charge in [0.1, 0.15) is 4.90 Å². The Morgan fingerprint density at radius 2 is 1.88 bits per heavy atom. The van der Waals surface area contributed by atoms with Gasteiger partial charge in [-0.2, -0.15) is 0 Å². The molecular weight excluding hydrogens is 372 g/mol. The van der Waals surface area contributed by atoms with Crippen LogP contribution in [0.25, 0.3) is 11.3 Å². The lowest BCUT2D eigenvalue weighted by Crippen LogP contribution is -2.14. The molecule has 0 aliphatic rings. The van der Waals surface area contributed by atoms with Crippen molar-refractivity contribution in [1.82, 2.24) is 5.16 Å². The molecule has 0 unspecified atom stereocenters. The highest BCUT2D eigenvalue weighted by atomic mass is 32.2. The molecule has 0 amide bonds. The number of anilines is 1.